The van der Waals surface area contributed by atoms with Crippen molar-refractivity contribution in [2.75, 3.05) is 148 Å². The molecule has 15 atom stereocenters. The number of hydrogen-bond donors (Lipinski definition) is 5. The highest BCUT2D eigenvalue weighted by molar-refractivity contribution is 6.39. The van der Waals surface area contributed by atoms with Crippen molar-refractivity contribution in [2.24, 2.45) is 35.5 Å². The third kappa shape index (κ3) is 27.0. The lowest BCUT2D eigenvalue weighted by Gasteiger charge is -2.42. The predicted molar refractivity (Wildman–Crippen MR) is 524 cm³/mol. The third-order valence-electron chi connectivity index (χ3n) is 28.7. The van der Waals surface area contributed by atoms with Gasteiger partial charge in [-0.05, 0) is 160 Å². The summed E-state index contributed by atoms with van der Waals surface area (Å²) in [5, 5.41) is 32.3. The van der Waals surface area contributed by atoms with Gasteiger partial charge < -0.3 is 93.8 Å². The average molecular weight is 1950 g/mol. The lowest BCUT2D eigenvalue weighted by atomic mass is 9.78. The van der Waals surface area contributed by atoms with Crippen molar-refractivity contribution in [3.8, 4) is 11.3 Å². The summed E-state index contributed by atoms with van der Waals surface area (Å²) in [4.78, 5) is 169. The summed E-state index contributed by atoms with van der Waals surface area (Å²) in [6.45, 7) is 21.2. The molecule has 11 heterocycles. The molecule has 5 fully saturated rings. The van der Waals surface area contributed by atoms with E-state index in [0.717, 1.165) is 46.5 Å². The number of methoxy groups -OCH3 is 3. The zero-order valence-electron chi connectivity index (χ0n) is 82.8. The highest BCUT2D eigenvalue weighted by Crippen LogP contribution is 2.41. The van der Waals surface area contributed by atoms with Crippen LogP contribution in [0, 0.1) is 35.5 Å². The number of nitrogens with two attached hydrogens (primary N) is 2. The van der Waals surface area contributed by atoms with Crippen LogP contribution in [0.2, 0.25) is 0 Å². The Hall–Kier alpha value is -11.8. The summed E-state index contributed by atoms with van der Waals surface area (Å²) in [7, 11) is 4.51. The maximum atomic E-state index is 14.9. The minimum atomic E-state index is -2.49. The molecule has 2 bridgehead atoms. The zero-order chi connectivity index (χ0) is 100. The summed E-state index contributed by atoms with van der Waals surface area (Å²) >= 11 is 0. The summed E-state index contributed by atoms with van der Waals surface area (Å²) in [6.07, 6.45) is 19.3. The number of allylic oxidation sites excluding steroid dienone is 6. The number of nitrogens with zero attached hydrogens (tertiary/aromatic N) is 15. The number of nitrogens with one attached hydrogen (secondary N) is 1. The lowest BCUT2D eigenvalue weighted by Crippen LogP contribution is -2.61. The van der Waals surface area contributed by atoms with Gasteiger partial charge in [0.15, 0.2) is 17.0 Å². The second kappa shape index (κ2) is 49.3. The Bertz CT molecular complexity index is 5640. The van der Waals surface area contributed by atoms with Crippen LogP contribution in [0.15, 0.2) is 120 Å². The van der Waals surface area contributed by atoms with E-state index in [1.807, 2.05) is 88.7 Å². The molecule has 0 radical (unpaired) electrons. The van der Waals surface area contributed by atoms with Gasteiger partial charge in [-0.25, -0.2) is 39.4 Å². The largest absolute Gasteiger partial charge is 0.460 e. The molecule has 38 heteroatoms. The maximum absolute atomic E-state index is 14.9. The molecule has 2 aromatic carbocycles. The fraction of sp³-hybridized carbons (Fsp3) is 0.583. The summed E-state index contributed by atoms with van der Waals surface area (Å²) in [5.41, 5.74) is 20.9. The van der Waals surface area contributed by atoms with Gasteiger partial charge in [0.25, 0.3) is 23.6 Å². The number of fused-ring (bicyclic) bond motifs is 6. The van der Waals surface area contributed by atoms with Crippen LogP contribution >= 0.6 is 0 Å². The number of aliphatic hydroxyl groups excluding tert-OH is 1. The normalized spacial score (nSPS) is 26.9. The number of carbonyl (C=O) groups is 9. The molecule has 4 saturated heterocycles. The molecule has 141 heavy (non-hydrogen) atoms. The number of aromatic nitrogens is 9. The zero-order valence-corrected chi connectivity index (χ0v) is 82.8. The molecule has 38 nitrogen and oxygen atoms in total. The molecule has 6 aliphatic heterocycles. The quantitative estimate of drug-likeness (QED) is 0.0132. The van der Waals surface area contributed by atoms with Crippen LogP contribution in [-0.4, -0.2) is 308 Å². The van der Waals surface area contributed by atoms with Crippen molar-refractivity contribution in [3.63, 3.8) is 0 Å². The number of hydrogen-bond acceptors (Lipinski definition) is 33. The molecule has 760 valence electrons. The molecule has 4 amide bonds. The van der Waals surface area contributed by atoms with Crippen LogP contribution in [0.5, 0.6) is 0 Å². The van der Waals surface area contributed by atoms with E-state index in [9.17, 15) is 53.4 Å². The molecular weight excluding hydrogens is 1810 g/mol. The van der Waals surface area contributed by atoms with Gasteiger partial charge in [-0.15, -0.1) is 0 Å². The Labute approximate surface area is 822 Å². The Kier molecular flexibility index (Phi) is 36.7. The number of piperazine rings is 2. The average Bonchev–Trinajstić information content (AvgIpc) is 1.69. The number of piperidine rings is 1. The number of ketones is 3. The third-order valence-corrected chi connectivity index (χ3v) is 28.7. The van der Waals surface area contributed by atoms with E-state index in [2.05, 4.69) is 62.1 Å². The van der Waals surface area contributed by atoms with Crippen molar-refractivity contribution in [3.05, 3.63) is 143 Å². The van der Waals surface area contributed by atoms with E-state index in [4.69, 9.17) is 58.9 Å². The molecule has 7 aliphatic rings. The molecule has 0 spiro atoms. The van der Waals surface area contributed by atoms with Gasteiger partial charge in [-0.2, -0.15) is 10.1 Å². The highest BCUT2D eigenvalue weighted by atomic mass is 16.6. The van der Waals surface area contributed by atoms with E-state index in [1.165, 1.54) is 30.7 Å². The van der Waals surface area contributed by atoms with Gasteiger partial charge in [0, 0.05) is 174 Å². The van der Waals surface area contributed by atoms with Gasteiger partial charge in [-0.3, -0.25) is 43.3 Å². The first kappa shape index (κ1) is 105. The molecule has 1 aliphatic carbocycles. The summed E-state index contributed by atoms with van der Waals surface area (Å²) in [5.74, 6) is -8.10. The number of carbonyl (C=O) groups excluding carboxylic acids is 9. The molecule has 5 aromatic heterocycles. The predicted octanol–water partition coefficient (Wildman–Crippen LogP) is 8.70. The minimum absolute atomic E-state index is 0.00838. The van der Waals surface area contributed by atoms with Crippen LogP contribution in [-0.2, 0) is 102 Å². The minimum Gasteiger partial charge on any atom is -0.460 e. The lowest BCUT2D eigenvalue weighted by molar-refractivity contribution is -0.265. The fourth-order valence-corrected chi connectivity index (χ4v) is 20.2. The second-order valence-corrected chi connectivity index (χ2v) is 38.8. The summed E-state index contributed by atoms with van der Waals surface area (Å²) < 4.78 is 55.4. The van der Waals surface area contributed by atoms with Crippen LogP contribution < -0.4 is 26.6 Å². The molecule has 1 saturated carbocycles. The van der Waals surface area contributed by atoms with Gasteiger partial charge in [0.05, 0.1) is 75.1 Å². The maximum Gasteiger partial charge on any atom is 0.329 e. The second-order valence-electron chi connectivity index (χ2n) is 38.8. The monoisotopic (exact) mass is 1950 g/mol. The topological polar surface area (TPSA) is 473 Å². The van der Waals surface area contributed by atoms with E-state index >= 15 is 0 Å². The number of ether oxygens (including phenoxy) is 8. The first-order valence-corrected chi connectivity index (χ1v) is 49.7. The van der Waals surface area contributed by atoms with Crippen molar-refractivity contribution in [1.82, 2.24) is 69.6 Å². The Balaban J connectivity index is 0.468. The number of benzene rings is 2. The number of anilines is 4. The fourth-order valence-electron chi connectivity index (χ4n) is 20.2. The number of oxazole rings is 1. The number of aliphatic hydroxyl groups is 2. The van der Waals surface area contributed by atoms with Crippen LogP contribution in [0.1, 0.15) is 177 Å². The van der Waals surface area contributed by atoms with Crippen LogP contribution in [0.3, 0.4) is 0 Å². The molecule has 7 aromatic rings. The van der Waals surface area contributed by atoms with Gasteiger partial charge in [-0.1, -0.05) is 89.3 Å². The molecule has 7 N–H and O–H groups in total. The van der Waals surface area contributed by atoms with E-state index in [0.29, 0.717) is 206 Å². The molecule has 14 rings (SSSR count). The Morgan fingerprint density at radius 2 is 1.42 bits per heavy atom. The van der Waals surface area contributed by atoms with Crippen LogP contribution in [0.25, 0.3) is 33.4 Å². The first-order valence-electron chi connectivity index (χ1n) is 49.7. The molecular formula is C103H138N18O20. The number of Topliss-reactive ketones (excluding diaryl/α,β-unsaturated/α-hetero) is 3. The van der Waals surface area contributed by atoms with Crippen molar-refractivity contribution in [2.45, 2.75) is 225 Å². The SMILES string of the molecule is CO[C@H]1C[C@@H]2CC[C@@H](C)[C@@](O)(O2)C(=O)C(=O)N2CCCC[C@H]2C(=O)O[C@H]([C@H](C)C[C@@H]2CC[C@@H](OC(=O)CCc3cnc(N4CCN(C(=O)CCOCCN5CCN(c6ncc(C(=O)NCCOCCC(=O)N7CCc8cc(Cn9nc(-c%10ccc%11oc(N)nc%11c%10)c%10c(N)ncnc%109)ccc8C7)cn6)CC5)CC4)nc3)[C@H](OC)C2)CC(=O)[C@H](C)/C=C(\C)[C@@H](O)[C@@H](OC)C(=O)[C@H](C)C[C@H](C)/C=C/C=C/C=C/1C. The Morgan fingerprint density at radius 1 is 0.695 bits per heavy atom. The van der Waals surface area contributed by atoms with E-state index in [-0.39, 0.29) is 112 Å². The Morgan fingerprint density at radius 3 is 2.15 bits per heavy atom. The standard InChI is InChI=1S/C103H138N18O20/c1-63-16-12-11-13-17-64(2)83(133-8)54-77-25-19-69(7)103(132,141-77)94(128)98(130)120-33-15-14-18-79(120)99(131)139-84(55-80(122)65(3)49-68(6)92(127)93(135-10)91(126)67(5)48-63)66(4)50-70-21-26-82(85(52-70)134-9)138-88(125)28-22-72-56-107-101(108-57-72)118-41-39-116(40-42-118)86(123)30-45-137-47-43-115-35-37-117(38-36-115)102-109-58-76(59-110-102)97(129)106-32-46-136-44-31-87(124)119-34-29-73-51-71(20-23-75(73)61-119)60-121-96-89(95(104)111-62-112-96)90(114-121)74-24-27-81-78(53-74)113-100(105)140-81/h11-13,16-17,20,23-24,27,49,51,53,56-59,62-63,65-67,69-70,77,79,82-85,92-93,127,132H,14-15,18-19,21-22,25-26,28-48,50,52,54-55,60-61H2,1-10H3,(H2,105,113)(H,106,129)(H2,104,111,112)/b13-11+,16-12+,64-17+,68-49+/t63-,65-,66-,67-,69-,70+,77+,79+,82-,83+,84+,85-,92-,93+,103-/m1/s1. The van der Waals surface area contributed by atoms with Crippen LogP contribution in [0.4, 0.5) is 23.7 Å². The summed E-state index contributed by atoms with van der Waals surface area (Å²) in [6, 6.07) is 10.6. The van der Waals surface area contributed by atoms with Crippen molar-refractivity contribution < 1.29 is 95.7 Å². The van der Waals surface area contributed by atoms with Gasteiger partial charge >= 0.3 is 11.9 Å². The van der Waals surface area contributed by atoms with Crippen molar-refractivity contribution >= 4 is 98.8 Å². The number of rotatable bonds is 28. The van der Waals surface area contributed by atoms with E-state index < -0.39 is 102 Å². The van der Waals surface area contributed by atoms with Gasteiger partial charge in [0.1, 0.15) is 59.6 Å². The number of aryl methyl sites for hydroxylation is 1. The van der Waals surface area contributed by atoms with Crippen molar-refractivity contribution in [1.29, 1.82) is 0 Å². The number of amides is 4. The molecule has 0 unspecified atom stereocenters. The van der Waals surface area contributed by atoms with Gasteiger partial charge in [0.2, 0.25) is 29.5 Å². The number of cyclic esters (lactones) is 1. The first-order chi connectivity index (χ1) is 67.9. The van der Waals surface area contributed by atoms with E-state index in [1.54, 1.807) is 66.5 Å². The smallest absolute Gasteiger partial charge is 0.329 e. The number of esters is 2. The highest BCUT2D eigenvalue weighted by Gasteiger charge is 2.54. The number of nitrogen functional groups attached to an aromatic ring is 2.